The Balaban J connectivity index is 1.91. The molecule has 0 radical (unpaired) electrons. The zero-order valence-electron chi connectivity index (χ0n) is 20.8. The van der Waals surface area contributed by atoms with Crippen LogP contribution >= 0.6 is 27.3 Å². The lowest BCUT2D eigenvalue weighted by Crippen LogP contribution is -2.40. The van der Waals surface area contributed by atoms with Gasteiger partial charge in [0, 0.05) is 10.0 Å². The van der Waals surface area contributed by atoms with Crippen molar-refractivity contribution in [3.8, 4) is 23.8 Å². The predicted molar refractivity (Wildman–Crippen MR) is 146 cm³/mol. The summed E-state index contributed by atoms with van der Waals surface area (Å²) in [7, 11) is 1.55. The number of ether oxygens (including phenoxy) is 3. The summed E-state index contributed by atoms with van der Waals surface area (Å²) in [5.74, 6) is 3.08. The van der Waals surface area contributed by atoms with E-state index >= 15 is 0 Å². The van der Waals surface area contributed by atoms with Crippen molar-refractivity contribution in [1.82, 2.24) is 4.57 Å². The van der Waals surface area contributed by atoms with Crippen LogP contribution in [-0.4, -0.2) is 30.4 Å². The van der Waals surface area contributed by atoms with Crippen LogP contribution in [-0.2, 0) is 9.53 Å². The number of hydrogen-bond acceptors (Lipinski definition) is 7. The molecule has 0 saturated carbocycles. The number of allylic oxidation sites excluding steroid dienone is 1. The van der Waals surface area contributed by atoms with Crippen molar-refractivity contribution in [2.75, 3.05) is 13.7 Å². The van der Waals surface area contributed by atoms with Crippen LogP contribution in [0.3, 0.4) is 0 Å². The molecule has 2 heterocycles. The van der Waals surface area contributed by atoms with Gasteiger partial charge in [0.05, 0.1) is 29.0 Å². The summed E-state index contributed by atoms with van der Waals surface area (Å²) in [6.45, 7) is 5.49. The number of terminal acetylenes is 1. The summed E-state index contributed by atoms with van der Waals surface area (Å²) in [5.41, 5.74) is 1.96. The first-order chi connectivity index (χ1) is 17.7. The number of aromatic nitrogens is 1. The Morgan fingerprint density at radius 2 is 2.00 bits per heavy atom. The largest absolute Gasteiger partial charge is 0.496 e. The Bertz CT molecular complexity index is 1590. The Hall–Kier alpha value is -3.61. The third-order valence-electron chi connectivity index (χ3n) is 5.57. The smallest absolute Gasteiger partial charge is 0.338 e. The molecule has 0 aliphatic carbocycles. The number of hydrogen-bond donors (Lipinski definition) is 0. The molecule has 0 saturated heterocycles. The van der Waals surface area contributed by atoms with Gasteiger partial charge in [-0.2, -0.15) is 0 Å². The molecule has 9 heteroatoms. The van der Waals surface area contributed by atoms with Gasteiger partial charge in [0.15, 0.2) is 4.80 Å². The third-order valence-corrected chi connectivity index (χ3v) is 7.05. The molecule has 1 aliphatic heterocycles. The number of thiazole rings is 1. The van der Waals surface area contributed by atoms with E-state index in [1.807, 2.05) is 24.3 Å². The van der Waals surface area contributed by atoms with Crippen molar-refractivity contribution < 1.29 is 19.0 Å². The van der Waals surface area contributed by atoms with E-state index in [-0.39, 0.29) is 18.3 Å². The molecular formula is C28H25BrN2O5S. The molecule has 1 aromatic heterocycles. The van der Waals surface area contributed by atoms with Crippen molar-refractivity contribution in [2.45, 2.75) is 32.9 Å². The maximum atomic E-state index is 13.8. The number of methoxy groups -OCH3 is 1. The first kappa shape index (κ1) is 26.5. The monoisotopic (exact) mass is 580 g/mol. The molecule has 2 aromatic carbocycles. The summed E-state index contributed by atoms with van der Waals surface area (Å²) in [4.78, 5) is 32.2. The molecule has 0 fully saturated rings. The Kier molecular flexibility index (Phi) is 8.00. The van der Waals surface area contributed by atoms with Gasteiger partial charge in [-0.05, 0) is 62.7 Å². The number of fused-ring (bicyclic) bond motifs is 1. The first-order valence-electron chi connectivity index (χ1n) is 11.5. The van der Waals surface area contributed by atoms with Crippen LogP contribution in [0.25, 0.3) is 6.08 Å². The molecule has 1 atom stereocenters. The number of esters is 1. The average molecular weight is 581 g/mol. The number of halogens is 1. The average Bonchev–Trinajstić information content (AvgIpc) is 3.16. The molecule has 0 spiro atoms. The van der Waals surface area contributed by atoms with Crippen molar-refractivity contribution in [1.29, 1.82) is 0 Å². The molecule has 4 rings (SSSR count). The molecular weight excluding hydrogens is 556 g/mol. The minimum atomic E-state index is -0.781. The first-order valence-corrected chi connectivity index (χ1v) is 13.1. The standard InChI is InChI=1S/C28H25BrN2O5S/c1-6-13-35-20-10-7-18(8-11-20)14-23-26(32)31-25(21-15-19(29)9-12-22(21)34-5)24(27(33)36-16(2)3)17(4)30-28(31)37-23/h1,7-12,14-16,25H,13H2,2-5H3/b23-14-/t25-/m1/s1. The second kappa shape index (κ2) is 11.2. The fraction of sp³-hybridized carbons (Fsp3) is 0.250. The molecule has 7 nitrogen and oxygen atoms in total. The van der Waals surface area contributed by atoms with E-state index in [1.165, 1.54) is 15.9 Å². The number of benzene rings is 2. The van der Waals surface area contributed by atoms with Gasteiger partial charge in [-0.1, -0.05) is 45.3 Å². The van der Waals surface area contributed by atoms with Gasteiger partial charge in [0.25, 0.3) is 5.56 Å². The van der Waals surface area contributed by atoms with Crippen LogP contribution in [0.2, 0.25) is 0 Å². The second-order valence-electron chi connectivity index (χ2n) is 8.48. The van der Waals surface area contributed by atoms with Gasteiger partial charge in [0.2, 0.25) is 0 Å². The van der Waals surface area contributed by atoms with E-state index < -0.39 is 12.0 Å². The molecule has 37 heavy (non-hydrogen) atoms. The Morgan fingerprint density at radius 1 is 1.27 bits per heavy atom. The Labute approximate surface area is 226 Å². The van der Waals surface area contributed by atoms with Gasteiger partial charge in [-0.3, -0.25) is 9.36 Å². The van der Waals surface area contributed by atoms with Crippen LogP contribution in [0.1, 0.15) is 37.9 Å². The van der Waals surface area contributed by atoms with Crippen molar-refractivity contribution in [3.05, 3.63) is 89.0 Å². The van der Waals surface area contributed by atoms with E-state index in [0.717, 1.165) is 10.0 Å². The molecule has 3 aromatic rings. The molecule has 0 unspecified atom stereocenters. The van der Waals surface area contributed by atoms with Crippen LogP contribution in [0.15, 0.2) is 68.0 Å². The highest BCUT2D eigenvalue weighted by Crippen LogP contribution is 2.37. The number of carbonyl (C=O) groups excluding carboxylic acids is 1. The quantitative estimate of drug-likeness (QED) is 0.312. The highest BCUT2D eigenvalue weighted by molar-refractivity contribution is 9.10. The van der Waals surface area contributed by atoms with Crippen LogP contribution in [0, 0.1) is 12.3 Å². The summed E-state index contributed by atoms with van der Waals surface area (Å²) >= 11 is 4.76. The fourth-order valence-corrected chi connectivity index (χ4v) is 5.44. The van der Waals surface area contributed by atoms with Crippen LogP contribution in [0.5, 0.6) is 11.5 Å². The van der Waals surface area contributed by atoms with E-state index in [1.54, 1.807) is 52.2 Å². The Morgan fingerprint density at radius 3 is 2.65 bits per heavy atom. The van der Waals surface area contributed by atoms with Crippen molar-refractivity contribution in [2.24, 2.45) is 4.99 Å². The summed E-state index contributed by atoms with van der Waals surface area (Å²) in [6.07, 6.45) is 6.69. The van der Waals surface area contributed by atoms with E-state index in [4.69, 9.17) is 20.6 Å². The highest BCUT2D eigenvalue weighted by atomic mass is 79.9. The summed E-state index contributed by atoms with van der Waals surface area (Å²) in [5, 5.41) is 0. The van der Waals surface area contributed by atoms with E-state index in [9.17, 15) is 9.59 Å². The molecule has 0 bridgehead atoms. The third kappa shape index (κ3) is 5.55. The molecule has 0 amide bonds. The number of rotatable bonds is 7. The van der Waals surface area contributed by atoms with Crippen molar-refractivity contribution >= 4 is 39.3 Å². The molecule has 190 valence electrons. The lowest BCUT2D eigenvalue weighted by atomic mass is 9.95. The van der Waals surface area contributed by atoms with Crippen LogP contribution in [0.4, 0.5) is 0 Å². The lowest BCUT2D eigenvalue weighted by Gasteiger charge is -2.26. The zero-order valence-corrected chi connectivity index (χ0v) is 23.2. The maximum absolute atomic E-state index is 13.8. The second-order valence-corrected chi connectivity index (χ2v) is 10.4. The van der Waals surface area contributed by atoms with Gasteiger partial charge in [-0.25, -0.2) is 9.79 Å². The summed E-state index contributed by atoms with van der Waals surface area (Å²) < 4.78 is 19.4. The van der Waals surface area contributed by atoms with Gasteiger partial charge in [-0.15, -0.1) is 6.42 Å². The SMILES string of the molecule is C#CCOc1ccc(/C=c2\sc3n(c2=O)[C@H](c2cc(Br)ccc2OC)C(C(=O)OC(C)C)=C(C)N=3)cc1. The van der Waals surface area contributed by atoms with Gasteiger partial charge >= 0.3 is 5.97 Å². The van der Waals surface area contributed by atoms with Crippen LogP contribution < -0.4 is 24.4 Å². The normalized spacial score (nSPS) is 15.2. The zero-order chi connectivity index (χ0) is 26.7. The van der Waals surface area contributed by atoms with Gasteiger partial charge < -0.3 is 14.2 Å². The minimum Gasteiger partial charge on any atom is -0.496 e. The van der Waals surface area contributed by atoms with Gasteiger partial charge in [0.1, 0.15) is 24.1 Å². The summed E-state index contributed by atoms with van der Waals surface area (Å²) in [6, 6.07) is 12.0. The molecule has 0 N–H and O–H groups in total. The van der Waals surface area contributed by atoms with E-state index in [2.05, 4.69) is 26.8 Å². The number of carbonyl (C=O) groups is 1. The number of nitrogens with zero attached hydrogens (tertiary/aromatic N) is 2. The topological polar surface area (TPSA) is 79.1 Å². The fourth-order valence-electron chi connectivity index (χ4n) is 4.01. The van der Waals surface area contributed by atoms with E-state index in [0.29, 0.717) is 37.7 Å². The minimum absolute atomic E-state index is 0.179. The molecule has 1 aliphatic rings. The predicted octanol–water partition coefficient (Wildman–Crippen LogP) is 3.97. The maximum Gasteiger partial charge on any atom is 0.338 e. The lowest BCUT2D eigenvalue weighted by molar-refractivity contribution is -0.143. The van der Waals surface area contributed by atoms with Crippen molar-refractivity contribution in [3.63, 3.8) is 0 Å². The highest BCUT2D eigenvalue weighted by Gasteiger charge is 2.35.